The van der Waals surface area contributed by atoms with Crippen LogP contribution < -0.4 is 35.3 Å². The zero-order valence-electron chi connectivity index (χ0n) is 56.0. The van der Waals surface area contributed by atoms with Crippen LogP contribution in [0.25, 0.3) is 21.5 Å². The van der Waals surface area contributed by atoms with Crippen LogP contribution in [0.2, 0.25) is 0 Å². The first-order valence-corrected chi connectivity index (χ1v) is 35.2. The van der Waals surface area contributed by atoms with E-state index in [1.54, 1.807) is 50.9 Å². The summed E-state index contributed by atoms with van der Waals surface area (Å²) in [4.78, 5) is 116. The summed E-state index contributed by atoms with van der Waals surface area (Å²) in [6, 6.07) is 11.6. The van der Waals surface area contributed by atoms with Crippen LogP contribution in [0.3, 0.4) is 0 Å². The molecule has 2 aliphatic heterocycles. The number of pyridine rings is 2. The second-order valence-corrected chi connectivity index (χ2v) is 32.1. The van der Waals surface area contributed by atoms with Gasteiger partial charge in [0.1, 0.15) is 58.4 Å². The molecule has 10 rings (SSSR count). The van der Waals surface area contributed by atoms with E-state index in [-0.39, 0.29) is 70.0 Å². The molecule has 4 aromatic rings. The highest BCUT2D eigenvalue weighted by molar-refractivity contribution is 7.93. The Morgan fingerprint density at radius 3 is 1.35 bits per heavy atom. The van der Waals surface area contributed by atoms with Gasteiger partial charge in [0.05, 0.1) is 70.4 Å². The second kappa shape index (κ2) is 31.4. The van der Waals surface area contributed by atoms with Crippen LogP contribution in [0.5, 0.6) is 23.3 Å². The molecule has 2 aromatic carbocycles. The SMILES string of the molecule is C=C[C@@H]1C[C@]1(NC(=O)[C@@H]1C[C@@H](Oc2nccc3cc(OC)ccc23)CN1C(=O)[C@@H](CC(=O)OC)C(C)(C)C)C(=O)CS(=O)(=O)C1CC1.C=C[C@@H]1C[C@]1(NC(=O)[C@@H]1C[C@@H](Oc2nccc3cc(OC)ccc23)CN1C(=O)[C@@H](N)C(C)(C)C)C(=O)CS(=O)(=O)C1CC1.COC(=O)Cl.Cl.Cl. The third-order valence-electron chi connectivity index (χ3n) is 18.4. The number of benzene rings is 2. The summed E-state index contributed by atoms with van der Waals surface area (Å²) in [7, 11) is -1.59. The predicted molar refractivity (Wildman–Crippen MR) is 367 cm³/mol. The van der Waals surface area contributed by atoms with Gasteiger partial charge in [-0.2, -0.15) is 0 Å². The maximum absolute atomic E-state index is 14.2. The minimum Gasteiger partial charge on any atom is -0.497 e. The number of likely N-dealkylation sites (tertiary alicyclic amines) is 2. The topological polar surface area (TPSA) is 343 Å². The first-order chi connectivity index (χ1) is 44.6. The van der Waals surface area contributed by atoms with Crippen LogP contribution in [-0.2, 0) is 62.7 Å². The molecule has 532 valence electrons. The summed E-state index contributed by atoms with van der Waals surface area (Å²) in [5, 5.41) is 7.80. The summed E-state index contributed by atoms with van der Waals surface area (Å²) in [6.07, 6.45) is 7.69. The first-order valence-electron chi connectivity index (χ1n) is 31.3. The van der Waals surface area contributed by atoms with Crippen LogP contribution in [0.4, 0.5) is 4.79 Å². The van der Waals surface area contributed by atoms with Gasteiger partial charge < -0.3 is 54.6 Å². The number of hydrogen-bond donors (Lipinski definition) is 3. The molecule has 6 fully saturated rings. The number of ether oxygens (including phenoxy) is 6. The summed E-state index contributed by atoms with van der Waals surface area (Å²) in [5.74, 6) is -4.65. The zero-order valence-corrected chi connectivity index (χ0v) is 60.1. The molecule has 2 saturated heterocycles. The molecule has 10 atom stereocenters. The van der Waals surface area contributed by atoms with Crippen molar-refractivity contribution in [2.24, 2.45) is 34.3 Å². The molecular weight excluding hydrogens is 1360 g/mol. The van der Waals surface area contributed by atoms with Crippen LogP contribution >= 0.6 is 36.4 Å². The number of carbonyl (C=O) groups excluding carboxylic acids is 8. The van der Waals surface area contributed by atoms with Crippen molar-refractivity contribution in [3.05, 3.63) is 86.2 Å². The van der Waals surface area contributed by atoms with Gasteiger partial charge in [-0.3, -0.25) is 33.6 Å². The first kappa shape index (κ1) is 78.8. The number of halogens is 3. The van der Waals surface area contributed by atoms with E-state index < -0.39 is 158 Å². The second-order valence-electron chi connectivity index (χ2n) is 27.2. The minimum absolute atomic E-state index is 0. The van der Waals surface area contributed by atoms with E-state index in [1.165, 1.54) is 24.0 Å². The lowest BCUT2D eigenvalue weighted by Crippen LogP contribution is -2.57. The molecule has 0 bridgehead atoms. The van der Waals surface area contributed by atoms with Crippen molar-refractivity contribution >= 4 is 124 Å². The number of fused-ring (bicyclic) bond motifs is 2. The van der Waals surface area contributed by atoms with Gasteiger partial charge >= 0.3 is 11.4 Å². The monoisotopic (exact) mass is 1450 g/mol. The third-order valence-corrected chi connectivity index (χ3v) is 22.9. The Morgan fingerprint density at radius 2 is 1.03 bits per heavy atom. The van der Waals surface area contributed by atoms with Crippen LogP contribution in [0, 0.1) is 28.6 Å². The number of sulfone groups is 2. The van der Waals surface area contributed by atoms with Crippen molar-refractivity contribution in [3.8, 4) is 23.3 Å². The predicted octanol–water partition coefficient (Wildman–Crippen LogP) is 7.03. The quantitative estimate of drug-likeness (QED) is 0.0360. The smallest absolute Gasteiger partial charge is 0.403 e. The Kier molecular flexibility index (Phi) is 25.5. The van der Waals surface area contributed by atoms with Crippen molar-refractivity contribution < 1.29 is 83.6 Å². The fourth-order valence-corrected chi connectivity index (χ4v) is 15.5. The van der Waals surface area contributed by atoms with Crippen LogP contribution in [0.1, 0.15) is 99.3 Å². The van der Waals surface area contributed by atoms with Gasteiger partial charge in [0.2, 0.25) is 35.4 Å². The number of hydrogen-bond acceptors (Lipinski definition) is 21. The molecule has 6 aliphatic rings. The number of nitrogens with one attached hydrogen (secondary N) is 2. The number of methoxy groups -OCH3 is 4. The van der Waals surface area contributed by atoms with Crippen molar-refractivity contribution in [2.45, 2.75) is 151 Å². The Morgan fingerprint density at radius 1 is 0.639 bits per heavy atom. The number of ketones is 2. The number of Topliss-reactive ketones (excluding diaryl/α,β-unsaturated/α-hetero) is 2. The van der Waals surface area contributed by atoms with Gasteiger partial charge in [0, 0.05) is 59.4 Å². The zero-order chi connectivity index (χ0) is 69.9. The van der Waals surface area contributed by atoms with E-state index in [0.717, 1.165) is 16.2 Å². The highest BCUT2D eigenvalue weighted by Crippen LogP contribution is 2.48. The number of rotatable bonds is 24. The molecule has 97 heavy (non-hydrogen) atoms. The van der Waals surface area contributed by atoms with E-state index in [9.17, 15) is 55.2 Å². The fourth-order valence-electron chi connectivity index (χ4n) is 12.1. The molecular formula is C67H88Cl3N7O18S2. The largest absolute Gasteiger partial charge is 0.497 e. The average Bonchev–Trinajstić information content (AvgIpc) is 1.58. The minimum atomic E-state index is -3.63. The van der Waals surface area contributed by atoms with Gasteiger partial charge in [0.25, 0.3) is 0 Å². The van der Waals surface area contributed by atoms with Gasteiger partial charge in [0.15, 0.2) is 31.2 Å². The number of nitrogens with zero attached hydrogens (tertiary/aromatic N) is 4. The fraction of sp³-hybridized carbons (Fsp3) is 0.552. The van der Waals surface area contributed by atoms with E-state index >= 15 is 0 Å². The van der Waals surface area contributed by atoms with E-state index in [1.807, 2.05) is 77.9 Å². The molecule has 30 heteroatoms. The number of carbonyl (C=O) groups is 8. The van der Waals surface area contributed by atoms with Gasteiger partial charge in [-0.15, -0.1) is 38.0 Å². The maximum Gasteiger partial charge on any atom is 0.403 e. The highest BCUT2D eigenvalue weighted by Gasteiger charge is 2.63. The van der Waals surface area contributed by atoms with Gasteiger partial charge in [-0.05, 0) is 109 Å². The van der Waals surface area contributed by atoms with E-state index in [4.69, 9.17) is 29.4 Å². The number of amides is 4. The van der Waals surface area contributed by atoms with Gasteiger partial charge in [-0.1, -0.05) is 53.7 Å². The van der Waals surface area contributed by atoms with Crippen LogP contribution in [0.15, 0.2) is 86.2 Å². The number of nitrogens with two attached hydrogens (primary N) is 1. The Hall–Kier alpha value is -7.17. The van der Waals surface area contributed by atoms with Crippen molar-refractivity contribution in [2.75, 3.05) is 53.0 Å². The Bertz CT molecular complexity index is 3900. The lowest BCUT2D eigenvalue weighted by atomic mass is 9.77. The van der Waals surface area contributed by atoms with Gasteiger partial charge in [-0.25, -0.2) is 31.6 Å². The van der Waals surface area contributed by atoms with E-state index in [2.05, 4.69) is 50.1 Å². The number of aromatic nitrogens is 2. The Labute approximate surface area is 583 Å². The summed E-state index contributed by atoms with van der Waals surface area (Å²) >= 11 is 4.60. The molecule has 25 nitrogen and oxygen atoms in total. The lowest BCUT2D eigenvalue weighted by molar-refractivity contribution is -0.151. The molecule has 4 aliphatic carbocycles. The molecule has 2 aromatic heterocycles. The van der Waals surface area contributed by atoms with Crippen molar-refractivity contribution in [1.82, 2.24) is 30.4 Å². The normalized spacial score (nSPS) is 23.9. The standard InChI is InChI=1S/C34H43N3O9S.C31H40N4O7S.C2H3ClO2.2ClH/c1-7-21-17-34(21,28(38)19-47(42,43)24-9-10-24)36-30(40)27-15-23(18-37(27)32(41)26(33(2,3)4)16-29(39)45-6)46-31-25-11-8-22(44-5)14-20(25)12-13-35-31;1-6-19-15-31(19,25(36)17-43(39,40)22-8-9-22)34-27(37)24-14-21(16-35(24)29(38)26(32)30(2,3)4)42-28-23-10-7-20(41-5)13-18(23)11-12-33-28;1-5-2(3)4;;/h7-8,11-14,21,23-24,26-27H,1,9-10,15-19H2,2-6H3,(H,36,40);6-7,10-13,19,21-22,24,26H,1,8-9,14-17,32H2,2-5H3,(H,34,37);1H3;2*1H/t21-,23-,26-,27+,34-;19-,21-,24+,26-,31-;;;/m11.../s1. The molecule has 0 spiro atoms. The number of esters is 1. The maximum atomic E-state index is 14.2. The highest BCUT2D eigenvalue weighted by atomic mass is 35.5. The summed E-state index contributed by atoms with van der Waals surface area (Å²) < 4.78 is 82.7. The molecule has 0 radical (unpaired) electrons. The molecule has 4 heterocycles. The van der Waals surface area contributed by atoms with E-state index in [0.29, 0.717) is 54.3 Å². The average molecular weight is 1450 g/mol. The summed E-state index contributed by atoms with van der Waals surface area (Å²) in [6.45, 7) is 18.7. The lowest BCUT2D eigenvalue weighted by Gasteiger charge is -2.34. The molecule has 4 N–H and O–H groups in total. The van der Waals surface area contributed by atoms with Crippen LogP contribution in [-0.4, -0.2) is 188 Å². The van der Waals surface area contributed by atoms with Crippen molar-refractivity contribution in [1.29, 1.82) is 0 Å². The Balaban J connectivity index is 0.000000282. The van der Waals surface area contributed by atoms with Crippen molar-refractivity contribution in [3.63, 3.8) is 0 Å². The molecule has 4 saturated carbocycles. The molecule has 4 amide bonds. The molecule has 0 unspecified atom stereocenters. The third kappa shape index (κ3) is 18.4. The summed E-state index contributed by atoms with van der Waals surface area (Å²) in [5.41, 5.74) is 1.55.